The van der Waals surface area contributed by atoms with Crippen LogP contribution in [-0.2, 0) is 22.5 Å². The Hall–Kier alpha value is -5.03. The lowest BCUT2D eigenvalue weighted by molar-refractivity contribution is 0.0532. The zero-order valence-electron chi connectivity index (χ0n) is 23.3. The number of aromatic nitrogens is 3. The molecule has 4 aromatic rings. The Morgan fingerprint density at radius 2 is 1.88 bits per heavy atom. The van der Waals surface area contributed by atoms with E-state index in [4.69, 9.17) is 15.2 Å². The molecule has 1 aliphatic rings. The van der Waals surface area contributed by atoms with Crippen molar-refractivity contribution in [1.29, 1.82) is 0 Å². The van der Waals surface area contributed by atoms with Crippen LogP contribution in [0.1, 0.15) is 28.5 Å². The first-order valence-electron chi connectivity index (χ1n) is 13.7. The molecule has 0 bridgehead atoms. The predicted molar refractivity (Wildman–Crippen MR) is 160 cm³/mol. The molecule has 216 valence electrons. The van der Waals surface area contributed by atoms with Gasteiger partial charge in [0, 0.05) is 31.4 Å². The van der Waals surface area contributed by atoms with Gasteiger partial charge in [-0.1, -0.05) is 54.6 Å². The molecule has 11 heteroatoms. The second-order valence-corrected chi connectivity index (χ2v) is 9.90. The number of hydrogen-bond donors (Lipinski definition) is 3. The third kappa shape index (κ3) is 7.38. The van der Waals surface area contributed by atoms with Crippen molar-refractivity contribution < 1.29 is 19.1 Å². The number of hydrogen-bond acceptors (Lipinski definition) is 9. The van der Waals surface area contributed by atoms with Crippen molar-refractivity contribution in [2.45, 2.75) is 26.1 Å². The third-order valence-corrected chi connectivity index (χ3v) is 6.79. The number of carbonyl (C=O) groups is 2. The van der Waals surface area contributed by atoms with Gasteiger partial charge in [0.25, 0.3) is 5.91 Å². The molecule has 2 amide bonds. The fraction of sp³-hybridized carbons (Fsp3) is 0.258. The van der Waals surface area contributed by atoms with Crippen LogP contribution in [-0.4, -0.2) is 59.3 Å². The van der Waals surface area contributed by atoms with Gasteiger partial charge in [-0.3, -0.25) is 9.78 Å². The van der Waals surface area contributed by atoms with Crippen molar-refractivity contribution in [1.82, 2.24) is 20.3 Å². The summed E-state index contributed by atoms with van der Waals surface area (Å²) >= 11 is 0. The molecule has 1 atom stereocenters. The molecule has 0 radical (unpaired) electrons. The Bertz CT molecular complexity index is 1520. The molecule has 3 heterocycles. The van der Waals surface area contributed by atoms with Gasteiger partial charge in [-0.05, 0) is 30.5 Å². The van der Waals surface area contributed by atoms with Crippen LogP contribution in [0.25, 0.3) is 11.3 Å². The Kier molecular flexibility index (Phi) is 9.20. The van der Waals surface area contributed by atoms with E-state index in [0.717, 1.165) is 22.4 Å². The summed E-state index contributed by atoms with van der Waals surface area (Å²) in [6, 6.07) is 19.0. The number of anilines is 3. The number of carbonyl (C=O) groups excluding carboxylic acids is 2. The molecule has 4 N–H and O–H groups in total. The molecule has 2 aromatic carbocycles. The van der Waals surface area contributed by atoms with Gasteiger partial charge in [0.05, 0.1) is 42.2 Å². The fourth-order valence-electron chi connectivity index (χ4n) is 4.61. The molecule has 2 aromatic heterocycles. The van der Waals surface area contributed by atoms with E-state index in [-0.39, 0.29) is 24.2 Å². The number of nitrogen functional groups attached to an aromatic ring is 1. The van der Waals surface area contributed by atoms with Gasteiger partial charge >= 0.3 is 6.09 Å². The van der Waals surface area contributed by atoms with Crippen LogP contribution in [0.4, 0.5) is 22.0 Å². The van der Waals surface area contributed by atoms with Crippen LogP contribution in [0.2, 0.25) is 0 Å². The first-order valence-corrected chi connectivity index (χ1v) is 13.7. The number of amides is 2. The summed E-state index contributed by atoms with van der Waals surface area (Å²) in [5.41, 5.74) is 10.7. The number of alkyl carbamates (subject to hydrolysis) is 1. The molecule has 11 nitrogen and oxygen atoms in total. The molecule has 0 spiro atoms. The topological polar surface area (TPSA) is 145 Å². The van der Waals surface area contributed by atoms with Crippen molar-refractivity contribution in [2.24, 2.45) is 0 Å². The summed E-state index contributed by atoms with van der Waals surface area (Å²) in [7, 11) is 0. The van der Waals surface area contributed by atoms with Gasteiger partial charge in [-0.25, -0.2) is 14.8 Å². The van der Waals surface area contributed by atoms with Crippen LogP contribution in [0.3, 0.4) is 0 Å². The third-order valence-electron chi connectivity index (χ3n) is 6.79. The lowest BCUT2D eigenvalue weighted by Gasteiger charge is -2.33. The minimum atomic E-state index is -0.473. The summed E-state index contributed by atoms with van der Waals surface area (Å²) in [5.74, 6) is -0.442. The minimum absolute atomic E-state index is 0.0277. The second-order valence-electron chi connectivity index (χ2n) is 9.90. The number of ether oxygens (including phenoxy) is 2. The maximum absolute atomic E-state index is 13.3. The van der Waals surface area contributed by atoms with Crippen LogP contribution in [0, 0.1) is 0 Å². The number of morpholine rings is 1. The monoisotopic (exact) mass is 567 g/mol. The lowest BCUT2D eigenvalue weighted by Crippen LogP contribution is -2.41. The minimum Gasteiger partial charge on any atom is -0.445 e. The molecule has 1 fully saturated rings. The van der Waals surface area contributed by atoms with E-state index in [0.29, 0.717) is 44.0 Å². The quantitative estimate of drug-likeness (QED) is 0.273. The molecule has 42 heavy (non-hydrogen) atoms. The Balaban J connectivity index is 1.19. The molecular formula is C31H33N7O4. The highest BCUT2D eigenvalue weighted by Gasteiger charge is 2.22. The highest BCUT2D eigenvalue weighted by Crippen LogP contribution is 2.27. The van der Waals surface area contributed by atoms with Gasteiger partial charge in [-0.15, -0.1) is 0 Å². The predicted octanol–water partition coefficient (Wildman–Crippen LogP) is 4.07. The van der Waals surface area contributed by atoms with E-state index in [1.807, 2.05) is 67.6 Å². The first-order chi connectivity index (χ1) is 20.5. The molecule has 0 aliphatic carbocycles. The van der Waals surface area contributed by atoms with Crippen molar-refractivity contribution in [3.05, 3.63) is 96.1 Å². The molecule has 1 aliphatic heterocycles. The van der Waals surface area contributed by atoms with Gasteiger partial charge in [-0.2, -0.15) is 0 Å². The van der Waals surface area contributed by atoms with E-state index >= 15 is 0 Å². The summed E-state index contributed by atoms with van der Waals surface area (Å²) in [6.07, 6.45) is 5.08. The van der Waals surface area contributed by atoms with Gasteiger partial charge in [0.15, 0.2) is 11.5 Å². The largest absolute Gasteiger partial charge is 0.445 e. The van der Waals surface area contributed by atoms with Crippen LogP contribution >= 0.6 is 0 Å². The summed E-state index contributed by atoms with van der Waals surface area (Å²) in [6.45, 7) is 4.68. The lowest BCUT2D eigenvalue weighted by atomic mass is 10.1. The van der Waals surface area contributed by atoms with Crippen molar-refractivity contribution in [2.75, 3.05) is 42.2 Å². The average Bonchev–Trinajstić information content (AvgIpc) is 3.01. The first kappa shape index (κ1) is 28.5. The highest BCUT2D eigenvalue weighted by atomic mass is 16.5. The van der Waals surface area contributed by atoms with E-state index in [2.05, 4.69) is 30.5 Å². The van der Waals surface area contributed by atoms with E-state index in [1.165, 1.54) is 6.20 Å². The van der Waals surface area contributed by atoms with Crippen molar-refractivity contribution >= 4 is 29.2 Å². The Morgan fingerprint density at radius 3 is 2.67 bits per heavy atom. The van der Waals surface area contributed by atoms with E-state index in [1.54, 1.807) is 12.4 Å². The molecule has 5 rings (SSSR count). The summed E-state index contributed by atoms with van der Waals surface area (Å²) in [4.78, 5) is 40.3. The zero-order valence-corrected chi connectivity index (χ0v) is 23.3. The van der Waals surface area contributed by atoms with Crippen LogP contribution in [0.5, 0.6) is 0 Å². The van der Waals surface area contributed by atoms with Crippen LogP contribution in [0.15, 0.2) is 79.3 Å². The number of pyridine rings is 1. The van der Waals surface area contributed by atoms with Crippen LogP contribution < -0.4 is 21.3 Å². The maximum Gasteiger partial charge on any atom is 0.407 e. The number of nitrogens with one attached hydrogen (secondary N) is 2. The standard InChI is InChI=1S/C31H33N7O4/c1-21-19-38(15-16-41-21)27-12-13-33-17-26(27)37-30(39)28-29(32)35-18-25(36-28)24-9-7-22(8-10-24)11-14-34-31(40)42-20-23-5-3-2-4-6-23/h2-10,12-13,17-18,21H,11,14-16,19-20H2,1H3,(H2,32,35)(H,34,40)(H,37,39)/t21-/m0/s1. The maximum atomic E-state index is 13.3. The van der Waals surface area contributed by atoms with E-state index < -0.39 is 12.0 Å². The smallest absolute Gasteiger partial charge is 0.407 e. The van der Waals surface area contributed by atoms with Crippen molar-refractivity contribution in [3.8, 4) is 11.3 Å². The van der Waals surface area contributed by atoms with Gasteiger partial charge in [0.2, 0.25) is 0 Å². The number of nitrogens with two attached hydrogens (primary N) is 1. The molecular weight excluding hydrogens is 534 g/mol. The average molecular weight is 568 g/mol. The highest BCUT2D eigenvalue weighted by molar-refractivity contribution is 6.07. The van der Waals surface area contributed by atoms with Crippen molar-refractivity contribution in [3.63, 3.8) is 0 Å². The number of benzene rings is 2. The molecule has 1 saturated heterocycles. The molecule has 0 saturated carbocycles. The van der Waals surface area contributed by atoms with E-state index in [9.17, 15) is 9.59 Å². The van der Waals surface area contributed by atoms with Gasteiger partial charge in [0.1, 0.15) is 6.61 Å². The SMILES string of the molecule is C[C@H]1CN(c2ccncc2NC(=O)c2nc(-c3ccc(CCNC(=O)OCc4ccccc4)cc3)cnc2N)CCO1. The Labute approximate surface area is 244 Å². The molecule has 0 unspecified atom stereocenters. The number of rotatable bonds is 9. The summed E-state index contributed by atoms with van der Waals surface area (Å²) < 4.78 is 10.9. The summed E-state index contributed by atoms with van der Waals surface area (Å²) in [5, 5.41) is 5.67. The normalized spacial score (nSPS) is 14.7. The fourth-order valence-corrected chi connectivity index (χ4v) is 4.61. The Morgan fingerprint density at radius 1 is 1.07 bits per heavy atom. The second kappa shape index (κ2) is 13.6. The zero-order chi connectivity index (χ0) is 29.3. The number of nitrogens with zero attached hydrogens (tertiary/aromatic N) is 4. The van der Waals surface area contributed by atoms with Gasteiger partial charge < -0.3 is 30.7 Å².